The summed E-state index contributed by atoms with van der Waals surface area (Å²) in [4.78, 5) is 15.5. The number of aryl methyl sites for hydroxylation is 3. The zero-order valence-corrected chi connectivity index (χ0v) is 18.5. The highest BCUT2D eigenvalue weighted by molar-refractivity contribution is 5.67. The first-order chi connectivity index (χ1) is 16.0. The van der Waals surface area contributed by atoms with Gasteiger partial charge in [0.05, 0.1) is 12.3 Å². The Hall–Kier alpha value is -4.01. The van der Waals surface area contributed by atoms with Crippen LogP contribution in [0.1, 0.15) is 35.9 Å². The highest BCUT2D eigenvalue weighted by Crippen LogP contribution is 2.25. The van der Waals surface area contributed by atoms with Gasteiger partial charge in [-0.1, -0.05) is 25.1 Å². The molecule has 0 amide bonds. The number of aliphatic carboxylic acids is 1. The number of benzene rings is 2. The average molecular weight is 447 g/mol. The molecule has 0 fully saturated rings. The quantitative estimate of drug-likeness (QED) is 0.373. The van der Waals surface area contributed by atoms with Crippen molar-refractivity contribution in [1.29, 1.82) is 0 Å². The molecule has 0 spiro atoms. The van der Waals surface area contributed by atoms with Gasteiger partial charge >= 0.3 is 5.97 Å². The summed E-state index contributed by atoms with van der Waals surface area (Å²) in [6.45, 7) is 4.41. The fourth-order valence-electron chi connectivity index (χ4n) is 3.61. The maximum Gasteiger partial charge on any atom is 0.303 e. The van der Waals surface area contributed by atoms with E-state index in [1.54, 1.807) is 0 Å². The second-order valence-electron chi connectivity index (χ2n) is 7.63. The molecule has 33 heavy (non-hydrogen) atoms. The zero-order valence-electron chi connectivity index (χ0n) is 18.5. The second-order valence-corrected chi connectivity index (χ2v) is 7.63. The average Bonchev–Trinajstić information content (AvgIpc) is 3.48. The number of ether oxygens (including phenoxy) is 1. The summed E-state index contributed by atoms with van der Waals surface area (Å²) in [5, 5.41) is 22.7. The summed E-state index contributed by atoms with van der Waals surface area (Å²) in [7, 11) is 0. The maximum atomic E-state index is 10.9. The van der Waals surface area contributed by atoms with Gasteiger partial charge < -0.3 is 14.3 Å². The Morgan fingerprint density at radius 1 is 1.09 bits per heavy atom. The number of H-pyrrole nitrogens is 1. The molecule has 9 heteroatoms. The lowest BCUT2D eigenvalue weighted by atomic mass is 10.0. The molecule has 4 rings (SSSR count). The molecule has 2 aromatic heterocycles. The number of aromatic amines is 1. The minimum absolute atomic E-state index is 0.126. The van der Waals surface area contributed by atoms with E-state index in [1.165, 1.54) is 0 Å². The van der Waals surface area contributed by atoms with Gasteiger partial charge in [-0.3, -0.25) is 4.79 Å². The topological polar surface area (TPSA) is 127 Å². The van der Waals surface area contributed by atoms with E-state index in [0.717, 1.165) is 45.9 Å². The van der Waals surface area contributed by atoms with Crippen molar-refractivity contribution in [3.63, 3.8) is 0 Å². The van der Waals surface area contributed by atoms with E-state index in [2.05, 4.69) is 32.5 Å². The Bertz CT molecular complexity index is 1220. The van der Waals surface area contributed by atoms with Crippen LogP contribution in [0, 0.1) is 6.92 Å². The highest BCUT2D eigenvalue weighted by atomic mass is 16.5. The summed E-state index contributed by atoms with van der Waals surface area (Å²) >= 11 is 0. The molecule has 4 aromatic rings. The van der Waals surface area contributed by atoms with E-state index in [1.807, 2.05) is 49.4 Å². The van der Waals surface area contributed by atoms with Crippen LogP contribution in [0.2, 0.25) is 0 Å². The van der Waals surface area contributed by atoms with Crippen molar-refractivity contribution in [3.8, 4) is 28.6 Å². The molecule has 9 nitrogen and oxygen atoms in total. The molecule has 0 aliphatic heterocycles. The fourth-order valence-corrected chi connectivity index (χ4v) is 3.61. The van der Waals surface area contributed by atoms with Crippen LogP contribution >= 0.6 is 0 Å². The summed E-state index contributed by atoms with van der Waals surface area (Å²) in [6.07, 6.45) is 2.08. The third kappa shape index (κ3) is 5.43. The van der Waals surface area contributed by atoms with E-state index in [-0.39, 0.29) is 6.42 Å². The van der Waals surface area contributed by atoms with Gasteiger partial charge in [-0.2, -0.15) is 0 Å². The molecule has 0 unspecified atom stereocenters. The van der Waals surface area contributed by atoms with Gasteiger partial charge in [0.25, 0.3) is 0 Å². The van der Waals surface area contributed by atoms with Crippen LogP contribution in [0.15, 0.2) is 46.9 Å². The first kappa shape index (κ1) is 22.2. The van der Waals surface area contributed by atoms with Gasteiger partial charge in [0.15, 0.2) is 5.82 Å². The molecule has 0 atom stereocenters. The Morgan fingerprint density at radius 2 is 1.88 bits per heavy atom. The number of nitrogens with one attached hydrogen (secondary N) is 1. The van der Waals surface area contributed by atoms with Crippen molar-refractivity contribution in [2.45, 2.75) is 39.5 Å². The van der Waals surface area contributed by atoms with Crippen LogP contribution < -0.4 is 4.74 Å². The summed E-state index contributed by atoms with van der Waals surface area (Å²) in [5.41, 5.74) is 4.75. The van der Waals surface area contributed by atoms with Crippen molar-refractivity contribution >= 4 is 5.97 Å². The number of carboxylic acids is 1. The summed E-state index contributed by atoms with van der Waals surface area (Å²) < 4.78 is 11.8. The van der Waals surface area contributed by atoms with Crippen LogP contribution in [0.5, 0.6) is 5.75 Å². The minimum atomic E-state index is -0.789. The Morgan fingerprint density at radius 3 is 2.58 bits per heavy atom. The van der Waals surface area contributed by atoms with Crippen molar-refractivity contribution < 1.29 is 19.1 Å². The van der Waals surface area contributed by atoms with Crippen LogP contribution in [0.4, 0.5) is 0 Å². The summed E-state index contributed by atoms with van der Waals surface area (Å²) in [5.74, 6) is 1.90. The lowest BCUT2D eigenvalue weighted by Crippen LogP contribution is -2.04. The van der Waals surface area contributed by atoms with Gasteiger partial charge in [0.1, 0.15) is 11.5 Å². The third-order valence-corrected chi connectivity index (χ3v) is 5.42. The standard InChI is InChI=1S/C24H25N5O4/c1-3-16-14-20(10-8-17(16)9-11-22(30)31)32-13-12-21-15(2)33-24(25-21)19-6-4-18(5-7-19)23-26-28-29-27-23/h4-8,10,14H,3,9,11-13H2,1-2H3,(H,30,31)(H,26,27,28,29). The number of carboxylic acid groups (broad SMARTS) is 1. The van der Waals surface area contributed by atoms with E-state index in [9.17, 15) is 4.79 Å². The van der Waals surface area contributed by atoms with Gasteiger partial charge in [-0.15, -0.1) is 5.10 Å². The summed E-state index contributed by atoms with van der Waals surface area (Å²) in [6, 6.07) is 13.5. The Labute approximate surface area is 190 Å². The first-order valence-corrected chi connectivity index (χ1v) is 10.8. The molecule has 0 aliphatic rings. The lowest BCUT2D eigenvalue weighted by molar-refractivity contribution is -0.136. The van der Waals surface area contributed by atoms with Crippen molar-refractivity contribution in [2.75, 3.05) is 6.61 Å². The normalized spacial score (nSPS) is 11.0. The number of hydrogen-bond acceptors (Lipinski definition) is 7. The zero-order chi connectivity index (χ0) is 23.2. The third-order valence-electron chi connectivity index (χ3n) is 5.42. The molecule has 2 aromatic carbocycles. The van der Waals surface area contributed by atoms with Crippen LogP contribution in [0.25, 0.3) is 22.8 Å². The molecule has 0 saturated carbocycles. The first-order valence-electron chi connectivity index (χ1n) is 10.8. The van der Waals surface area contributed by atoms with Gasteiger partial charge in [0.2, 0.25) is 5.89 Å². The number of rotatable bonds is 10. The van der Waals surface area contributed by atoms with E-state index >= 15 is 0 Å². The molecule has 0 saturated heterocycles. The predicted molar refractivity (Wildman–Crippen MR) is 121 cm³/mol. The Balaban J connectivity index is 1.37. The molecule has 2 N–H and O–H groups in total. The van der Waals surface area contributed by atoms with E-state index in [0.29, 0.717) is 31.2 Å². The molecule has 0 aliphatic carbocycles. The molecule has 0 bridgehead atoms. The monoisotopic (exact) mass is 447 g/mol. The largest absolute Gasteiger partial charge is 0.493 e. The number of hydrogen-bond donors (Lipinski definition) is 2. The van der Waals surface area contributed by atoms with Crippen molar-refractivity contribution in [1.82, 2.24) is 25.6 Å². The molecular weight excluding hydrogens is 422 g/mol. The number of tetrazole rings is 1. The lowest BCUT2D eigenvalue weighted by Gasteiger charge is -2.11. The number of nitrogens with zero attached hydrogens (tertiary/aromatic N) is 4. The molecular formula is C24H25N5O4. The number of carbonyl (C=O) groups is 1. The molecule has 2 heterocycles. The minimum Gasteiger partial charge on any atom is -0.493 e. The van der Waals surface area contributed by atoms with Gasteiger partial charge in [-0.25, -0.2) is 10.1 Å². The smallest absolute Gasteiger partial charge is 0.303 e. The number of aromatic nitrogens is 5. The molecule has 0 radical (unpaired) electrons. The van der Waals surface area contributed by atoms with Crippen molar-refractivity contribution in [3.05, 3.63) is 65.0 Å². The van der Waals surface area contributed by atoms with Crippen LogP contribution in [-0.2, 0) is 24.1 Å². The fraction of sp³-hybridized carbons (Fsp3) is 0.292. The van der Waals surface area contributed by atoms with E-state index in [4.69, 9.17) is 14.3 Å². The maximum absolute atomic E-state index is 10.9. The SMILES string of the molecule is CCc1cc(OCCc2nc(-c3ccc(-c4nnn[nH]4)cc3)oc2C)ccc1CCC(=O)O. The highest BCUT2D eigenvalue weighted by Gasteiger charge is 2.13. The Kier molecular flexibility index (Phi) is 6.77. The van der Waals surface area contributed by atoms with Crippen LogP contribution in [0.3, 0.4) is 0 Å². The molecule has 170 valence electrons. The number of oxazole rings is 1. The van der Waals surface area contributed by atoms with E-state index < -0.39 is 5.97 Å². The van der Waals surface area contributed by atoms with Gasteiger partial charge in [-0.05, 0) is 65.6 Å². The van der Waals surface area contributed by atoms with Crippen LogP contribution in [-0.4, -0.2) is 43.3 Å². The van der Waals surface area contributed by atoms with Gasteiger partial charge in [0, 0.05) is 24.0 Å². The predicted octanol–water partition coefficient (Wildman–Crippen LogP) is 4.03. The second kappa shape index (κ2) is 10.1. The van der Waals surface area contributed by atoms with Crippen molar-refractivity contribution in [2.24, 2.45) is 0 Å².